The molecule has 0 saturated heterocycles. The number of nitrogens with zero attached hydrogens (tertiary/aromatic N) is 2. The van der Waals surface area contributed by atoms with Gasteiger partial charge in [0.15, 0.2) is 0 Å². The highest BCUT2D eigenvalue weighted by molar-refractivity contribution is 7.86. The first-order valence-electron chi connectivity index (χ1n) is 3.63. The van der Waals surface area contributed by atoms with Crippen LogP contribution in [0.25, 0.3) is 0 Å². The Morgan fingerprint density at radius 2 is 2.14 bits per heavy atom. The van der Waals surface area contributed by atoms with E-state index in [0.717, 1.165) is 17.9 Å². The standard InChI is InChI=1S/C4H4N2O3S2.C2H7N/c1-11(9)4-6-5-2(10-4)3(7)8;1-2-3/h1H3,(H,7,8);2-3H2,1H3. The number of nitrogens with two attached hydrogens (primary N) is 1. The zero-order chi connectivity index (χ0) is 11.1. The largest absolute Gasteiger partial charge is 0.476 e. The molecule has 0 aromatic carbocycles. The molecule has 0 bridgehead atoms. The molecule has 0 aliphatic heterocycles. The van der Waals surface area contributed by atoms with Crippen LogP contribution in [0.4, 0.5) is 0 Å². The van der Waals surface area contributed by atoms with E-state index in [1.54, 1.807) is 0 Å². The van der Waals surface area contributed by atoms with Gasteiger partial charge in [-0.1, -0.05) is 18.3 Å². The van der Waals surface area contributed by atoms with Gasteiger partial charge >= 0.3 is 5.97 Å². The Hall–Kier alpha value is -0.860. The molecule has 0 radical (unpaired) electrons. The van der Waals surface area contributed by atoms with Crippen LogP contribution in [-0.2, 0) is 10.8 Å². The number of carboxylic acid groups (broad SMARTS) is 1. The molecule has 0 fully saturated rings. The van der Waals surface area contributed by atoms with Crippen molar-refractivity contribution in [3.05, 3.63) is 5.01 Å². The highest BCUT2D eigenvalue weighted by Gasteiger charge is 2.12. The summed E-state index contributed by atoms with van der Waals surface area (Å²) in [5, 5.41) is 15.0. The molecule has 1 heterocycles. The van der Waals surface area contributed by atoms with Crippen LogP contribution in [0, 0.1) is 0 Å². The minimum absolute atomic E-state index is 0.129. The van der Waals surface area contributed by atoms with Gasteiger partial charge in [0.25, 0.3) is 0 Å². The van der Waals surface area contributed by atoms with Crippen molar-refractivity contribution < 1.29 is 14.1 Å². The highest BCUT2D eigenvalue weighted by Crippen LogP contribution is 2.11. The lowest BCUT2D eigenvalue weighted by atomic mass is 10.7. The SMILES string of the molecule is CCN.CS(=O)c1nnc(C(=O)O)s1. The summed E-state index contributed by atoms with van der Waals surface area (Å²) < 4.78 is 10.9. The molecule has 0 spiro atoms. The third-order valence-electron chi connectivity index (χ3n) is 0.835. The van der Waals surface area contributed by atoms with Crippen LogP contribution >= 0.6 is 11.3 Å². The van der Waals surface area contributed by atoms with E-state index in [0.29, 0.717) is 0 Å². The third-order valence-corrected chi connectivity index (χ3v) is 3.07. The van der Waals surface area contributed by atoms with Crippen molar-refractivity contribution >= 4 is 28.1 Å². The molecule has 0 saturated carbocycles. The molecule has 1 rings (SSSR count). The predicted molar refractivity (Wildman–Crippen MR) is 53.9 cm³/mol. The first-order chi connectivity index (χ1) is 6.52. The van der Waals surface area contributed by atoms with E-state index < -0.39 is 16.8 Å². The molecule has 3 N–H and O–H groups in total. The fourth-order valence-corrected chi connectivity index (χ4v) is 1.69. The first-order valence-corrected chi connectivity index (χ1v) is 6.00. The summed E-state index contributed by atoms with van der Waals surface area (Å²) in [6.07, 6.45) is 1.42. The maximum Gasteiger partial charge on any atom is 0.367 e. The van der Waals surface area contributed by atoms with E-state index in [9.17, 15) is 9.00 Å². The maximum atomic E-state index is 10.7. The molecule has 1 atom stereocenters. The minimum Gasteiger partial charge on any atom is -0.476 e. The summed E-state index contributed by atoms with van der Waals surface area (Å²) in [4.78, 5) is 10.2. The molecule has 1 aromatic rings. The Bertz CT molecular complexity index is 297. The molecule has 1 unspecified atom stereocenters. The summed E-state index contributed by atoms with van der Waals surface area (Å²) >= 11 is 0.827. The molecule has 0 aliphatic carbocycles. The van der Waals surface area contributed by atoms with Gasteiger partial charge in [-0.3, -0.25) is 4.21 Å². The zero-order valence-corrected chi connectivity index (χ0v) is 9.39. The fraction of sp³-hybridized carbons (Fsp3) is 0.500. The number of hydrogen-bond donors (Lipinski definition) is 2. The lowest BCUT2D eigenvalue weighted by molar-refractivity contribution is 0.0695. The number of rotatable bonds is 2. The van der Waals surface area contributed by atoms with Crippen molar-refractivity contribution in [2.45, 2.75) is 11.3 Å². The number of aromatic carboxylic acids is 1. The van der Waals surface area contributed by atoms with Crippen molar-refractivity contribution in [1.29, 1.82) is 0 Å². The highest BCUT2D eigenvalue weighted by atomic mass is 32.2. The monoisotopic (exact) mass is 237 g/mol. The maximum absolute atomic E-state index is 10.7. The molecule has 0 amide bonds. The third kappa shape index (κ3) is 4.40. The van der Waals surface area contributed by atoms with E-state index in [1.807, 2.05) is 6.92 Å². The van der Waals surface area contributed by atoms with Crippen molar-refractivity contribution in [2.24, 2.45) is 5.73 Å². The summed E-state index contributed by atoms with van der Waals surface area (Å²) in [7, 11) is -1.24. The van der Waals surface area contributed by atoms with Gasteiger partial charge in [0.2, 0.25) is 9.35 Å². The van der Waals surface area contributed by atoms with Crippen molar-refractivity contribution in [3.8, 4) is 0 Å². The van der Waals surface area contributed by atoms with Crippen LogP contribution in [0.1, 0.15) is 16.7 Å². The first kappa shape index (κ1) is 13.1. The van der Waals surface area contributed by atoms with Crippen LogP contribution < -0.4 is 5.73 Å². The van der Waals surface area contributed by atoms with Gasteiger partial charge in [-0.2, -0.15) is 0 Å². The molecule has 6 nitrogen and oxygen atoms in total. The lowest BCUT2D eigenvalue weighted by Crippen LogP contribution is -1.93. The molecule has 0 aliphatic rings. The van der Waals surface area contributed by atoms with Gasteiger partial charge in [-0.05, 0) is 6.54 Å². The average molecular weight is 237 g/mol. The van der Waals surface area contributed by atoms with Gasteiger partial charge in [0.05, 0.1) is 10.8 Å². The second-order valence-corrected chi connectivity index (χ2v) is 4.57. The smallest absolute Gasteiger partial charge is 0.367 e. The molecular weight excluding hydrogens is 226 g/mol. The van der Waals surface area contributed by atoms with E-state index in [4.69, 9.17) is 10.8 Å². The van der Waals surface area contributed by atoms with Gasteiger partial charge in [0, 0.05) is 6.26 Å². The minimum atomic E-state index is -1.24. The zero-order valence-electron chi connectivity index (χ0n) is 7.76. The Kier molecular flexibility index (Phi) is 6.17. The van der Waals surface area contributed by atoms with E-state index in [1.165, 1.54) is 6.26 Å². The lowest BCUT2D eigenvalue weighted by Gasteiger charge is -1.80. The van der Waals surface area contributed by atoms with E-state index in [2.05, 4.69) is 10.2 Å². The Labute approximate surface area is 87.6 Å². The van der Waals surface area contributed by atoms with Crippen LogP contribution in [0.2, 0.25) is 0 Å². The second kappa shape index (κ2) is 6.57. The quantitative estimate of drug-likeness (QED) is 0.746. The average Bonchev–Trinajstić information content (AvgIpc) is 2.53. The summed E-state index contributed by atoms with van der Waals surface area (Å²) in [5.74, 6) is -1.14. The van der Waals surface area contributed by atoms with Gasteiger partial charge in [-0.15, -0.1) is 10.2 Å². The normalized spacial score (nSPS) is 11.4. The Morgan fingerprint density at radius 1 is 1.64 bits per heavy atom. The van der Waals surface area contributed by atoms with Crippen LogP contribution in [0.15, 0.2) is 4.34 Å². The molecule has 8 heteroatoms. The number of carboxylic acids is 1. The van der Waals surface area contributed by atoms with Gasteiger partial charge < -0.3 is 10.8 Å². The number of aromatic nitrogens is 2. The number of carbonyl (C=O) groups is 1. The van der Waals surface area contributed by atoms with E-state index >= 15 is 0 Å². The van der Waals surface area contributed by atoms with Crippen molar-refractivity contribution in [1.82, 2.24) is 10.2 Å². The van der Waals surface area contributed by atoms with Gasteiger partial charge in [0.1, 0.15) is 0 Å². The molecular formula is C6H11N3O3S2. The molecule has 1 aromatic heterocycles. The number of hydrogen-bond acceptors (Lipinski definition) is 6. The van der Waals surface area contributed by atoms with Crippen LogP contribution in [0.3, 0.4) is 0 Å². The molecule has 80 valence electrons. The predicted octanol–water partition coefficient (Wildman–Crippen LogP) is -0.0613. The second-order valence-electron chi connectivity index (χ2n) is 2.04. The summed E-state index contributed by atoms with van der Waals surface area (Å²) in [6.45, 7) is 2.65. The Balaban J connectivity index is 0.000000500. The van der Waals surface area contributed by atoms with Crippen molar-refractivity contribution in [3.63, 3.8) is 0 Å². The van der Waals surface area contributed by atoms with Crippen molar-refractivity contribution in [2.75, 3.05) is 12.8 Å². The van der Waals surface area contributed by atoms with E-state index in [-0.39, 0.29) is 9.35 Å². The van der Waals surface area contributed by atoms with Gasteiger partial charge in [-0.25, -0.2) is 4.79 Å². The topological polar surface area (TPSA) is 106 Å². The fourth-order valence-electron chi connectivity index (χ4n) is 0.412. The van der Waals surface area contributed by atoms with Crippen LogP contribution in [0.5, 0.6) is 0 Å². The Morgan fingerprint density at radius 3 is 2.36 bits per heavy atom. The summed E-state index contributed by atoms with van der Waals surface area (Å²) in [5.41, 5.74) is 4.85. The van der Waals surface area contributed by atoms with Crippen LogP contribution in [-0.4, -0.2) is 38.3 Å². The molecule has 14 heavy (non-hydrogen) atoms. The summed E-state index contributed by atoms with van der Waals surface area (Å²) in [6, 6.07) is 0.